The van der Waals surface area contributed by atoms with Gasteiger partial charge in [-0.2, -0.15) is 4.72 Å². The summed E-state index contributed by atoms with van der Waals surface area (Å²) in [4.78, 5) is 14.7. The van der Waals surface area contributed by atoms with Gasteiger partial charge in [-0.25, -0.2) is 8.42 Å². The summed E-state index contributed by atoms with van der Waals surface area (Å²) in [6.07, 6.45) is 1.75. The number of rotatable bonds is 7. The maximum atomic E-state index is 12.6. The molecule has 1 fully saturated rings. The number of ether oxygens (including phenoxy) is 1. The van der Waals surface area contributed by atoms with Gasteiger partial charge >= 0.3 is 0 Å². The molecular weight excluding hydrogens is 354 g/mol. The highest BCUT2D eigenvalue weighted by molar-refractivity contribution is 7.89. The number of likely N-dealkylation sites (tertiary alicyclic amines) is 1. The fourth-order valence-corrected chi connectivity index (χ4v) is 4.23. The van der Waals surface area contributed by atoms with Crippen molar-refractivity contribution in [3.05, 3.63) is 23.8 Å². The number of carbonyl (C=O) groups is 1. The average molecular weight is 384 g/mol. The predicted molar refractivity (Wildman–Crippen MR) is 101 cm³/mol. The number of piperidine rings is 1. The van der Waals surface area contributed by atoms with Gasteiger partial charge in [-0.05, 0) is 77.5 Å². The first-order valence-electron chi connectivity index (χ1n) is 8.97. The Balaban J connectivity index is 1.99. The molecule has 26 heavy (non-hydrogen) atoms. The summed E-state index contributed by atoms with van der Waals surface area (Å²) in [5.74, 6) is 0.352. The molecule has 1 aliphatic rings. The monoisotopic (exact) mass is 383 g/mol. The zero-order chi connectivity index (χ0) is 19.3. The van der Waals surface area contributed by atoms with Crippen LogP contribution in [0, 0.1) is 6.92 Å². The summed E-state index contributed by atoms with van der Waals surface area (Å²) >= 11 is 0. The van der Waals surface area contributed by atoms with Gasteiger partial charge in [0.2, 0.25) is 15.9 Å². The Bertz CT molecular complexity index is 728. The van der Waals surface area contributed by atoms with E-state index < -0.39 is 16.1 Å². The van der Waals surface area contributed by atoms with Crippen LogP contribution in [0.4, 0.5) is 0 Å². The number of amides is 1. The molecule has 0 aliphatic carbocycles. The molecule has 0 aromatic heterocycles. The third-order valence-electron chi connectivity index (χ3n) is 4.55. The first-order chi connectivity index (χ1) is 12.2. The lowest BCUT2D eigenvalue weighted by molar-refractivity contribution is -0.123. The van der Waals surface area contributed by atoms with E-state index in [1.54, 1.807) is 26.0 Å². The third kappa shape index (κ3) is 5.43. The summed E-state index contributed by atoms with van der Waals surface area (Å²) in [6.45, 7) is 7.59. The van der Waals surface area contributed by atoms with Crippen LogP contribution in [-0.4, -0.2) is 58.1 Å². The van der Waals surface area contributed by atoms with E-state index in [0.29, 0.717) is 12.4 Å². The molecule has 1 amide bonds. The second-order valence-corrected chi connectivity index (χ2v) is 8.50. The Labute approximate surface area is 156 Å². The van der Waals surface area contributed by atoms with E-state index in [-0.39, 0.29) is 16.8 Å². The van der Waals surface area contributed by atoms with Crippen molar-refractivity contribution in [2.75, 3.05) is 26.7 Å². The zero-order valence-electron chi connectivity index (χ0n) is 15.9. The Morgan fingerprint density at radius 2 is 2.00 bits per heavy atom. The van der Waals surface area contributed by atoms with Crippen LogP contribution in [0.25, 0.3) is 0 Å². The summed E-state index contributed by atoms with van der Waals surface area (Å²) in [5, 5.41) is 2.94. The fraction of sp³-hybridized carbons (Fsp3) is 0.611. The molecule has 8 heteroatoms. The fourth-order valence-electron chi connectivity index (χ4n) is 2.94. The molecule has 1 saturated heterocycles. The molecule has 0 saturated carbocycles. The summed E-state index contributed by atoms with van der Waals surface area (Å²) in [5.41, 5.74) is 0.734. The molecule has 1 atom stereocenters. The van der Waals surface area contributed by atoms with Crippen LogP contribution in [0.15, 0.2) is 23.1 Å². The van der Waals surface area contributed by atoms with E-state index in [4.69, 9.17) is 4.74 Å². The van der Waals surface area contributed by atoms with Crippen molar-refractivity contribution in [3.63, 3.8) is 0 Å². The number of aryl methyl sites for hydroxylation is 1. The largest absolute Gasteiger partial charge is 0.494 e. The van der Waals surface area contributed by atoms with Gasteiger partial charge < -0.3 is 15.0 Å². The van der Waals surface area contributed by atoms with Gasteiger partial charge in [-0.1, -0.05) is 0 Å². The molecule has 0 radical (unpaired) electrons. The molecule has 0 bridgehead atoms. The summed E-state index contributed by atoms with van der Waals surface area (Å²) in [7, 11) is -1.73. The number of carbonyl (C=O) groups excluding carboxylic acids is 1. The van der Waals surface area contributed by atoms with Crippen LogP contribution in [-0.2, 0) is 14.8 Å². The van der Waals surface area contributed by atoms with Crippen LogP contribution in [0.2, 0.25) is 0 Å². The van der Waals surface area contributed by atoms with Crippen molar-refractivity contribution in [1.82, 2.24) is 14.9 Å². The molecule has 2 N–H and O–H groups in total. The van der Waals surface area contributed by atoms with Gasteiger partial charge in [0, 0.05) is 6.04 Å². The highest BCUT2D eigenvalue weighted by Gasteiger charge is 2.25. The highest BCUT2D eigenvalue weighted by atomic mass is 32.2. The molecule has 1 aliphatic heterocycles. The van der Waals surface area contributed by atoms with Crippen molar-refractivity contribution >= 4 is 15.9 Å². The smallest absolute Gasteiger partial charge is 0.241 e. The van der Waals surface area contributed by atoms with Crippen molar-refractivity contribution in [3.8, 4) is 5.75 Å². The Morgan fingerprint density at radius 3 is 2.58 bits per heavy atom. The maximum Gasteiger partial charge on any atom is 0.241 e. The number of nitrogens with zero attached hydrogens (tertiary/aromatic N) is 1. The normalized spacial score (nSPS) is 17.7. The standard InChI is InChI=1S/C18H29N3O4S/c1-5-25-17-7-6-16(12-13(17)2)26(23,24)20-14(3)18(22)19-15-8-10-21(4)11-9-15/h6-7,12,14-15,20H,5,8-11H2,1-4H3,(H,19,22)/t14-/m1/s1. The van der Waals surface area contributed by atoms with E-state index in [2.05, 4.69) is 14.9 Å². The molecule has 1 heterocycles. The van der Waals surface area contributed by atoms with Gasteiger partial charge in [0.25, 0.3) is 0 Å². The van der Waals surface area contributed by atoms with Gasteiger partial charge in [-0.15, -0.1) is 0 Å². The number of hydrogen-bond acceptors (Lipinski definition) is 5. The van der Waals surface area contributed by atoms with Gasteiger partial charge in [-0.3, -0.25) is 4.79 Å². The van der Waals surface area contributed by atoms with Crippen molar-refractivity contribution in [1.29, 1.82) is 0 Å². The molecule has 146 valence electrons. The Hall–Kier alpha value is -1.64. The minimum atomic E-state index is -3.78. The van der Waals surface area contributed by atoms with Gasteiger partial charge in [0.1, 0.15) is 5.75 Å². The lowest BCUT2D eigenvalue weighted by Crippen LogP contribution is -2.50. The van der Waals surface area contributed by atoms with E-state index >= 15 is 0 Å². The Morgan fingerprint density at radius 1 is 1.35 bits per heavy atom. The number of hydrogen-bond donors (Lipinski definition) is 2. The van der Waals surface area contributed by atoms with Gasteiger partial charge in [0.05, 0.1) is 17.5 Å². The van der Waals surface area contributed by atoms with Crippen LogP contribution in [0.1, 0.15) is 32.3 Å². The molecule has 2 rings (SSSR count). The van der Waals surface area contributed by atoms with Crippen molar-refractivity contribution in [2.24, 2.45) is 0 Å². The van der Waals surface area contributed by atoms with Crippen LogP contribution in [0.3, 0.4) is 0 Å². The second kappa shape index (κ2) is 8.83. The highest BCUT2D eigenvalue weighted by Crippen LogP contribution is 2.22. The SMILES string of the molecule is CCOc1ccc(S(=O)(=O)N[C@H](C)C(=O)NC2CCN(C)CC2)cc1C. The average Bonchev–Trinajstić information content (AvgIpc) is 2.58. The molecule has 1 aromatic rings. The molecule has 1 aromatic carbocycles. The molecular formula is C18H29N3O4S. The second-order valence-electron chi connectivity index (χ2n) is 6.79. The maximum absolute atomic E-state index is 12.6. The minimum absolute atomic E-state index is 0.0957. The summed E-state index contributed by atoms with van der Waals surface area (Å²) in [6, 6.07) is 3.93. The van der Waals surface area contributed by atoms with E-state index in [0.717, 1.165) is 31.5 Å². The van der Waals surface area contributed by atoms with Crippen molar-refractivity contribution in [2.45, 2.75) is 50.6 Å². The van der Waals surface area contributed by atoms with Gasteiger partial charge in [0.15, 0.2) is 0 Å². The quantitative estimate of drug-likeness (QED) is 0.740. The minimum Gasteiger partial charge on any atom is -0.494 e. The van der Waals surface area contributed by atoms with E-state index in [1.165, 1.54) is 6.07 Å². The Kier molecular flexibility index (Phi) is 7.02. The number of nitrogens with one attached hydrogen (secondary N) is 2. The first-order valence-corrected chi connectivity index (χ1v) is 10.5. The van der Waals surface area contributed by atoms with Crippen molar-refractivity contribution < 1.29 is 17.9 Å². The zero-order valence-corrected chi connectivity index (χ0v) is 16.7. The summed E-state index contributed by atoms with van der Waals surface area (Å²) < 4.78 is 33.0. The lowest BCUT2D eigenvalue weighted by atomic mass is 10.1. The van der Waals surface area contributed by atoms with E-state index in [1.807, 2.05) is 14.0 Å². The first kappa shape index (κ1) is 20.7. The predicted octanol–water partition coefficient (Wildman–Crippen LogP) is 1.27. The van der Waals surface area contributed by atoms with E-state index in [9.17, 15) is 13.2 Å². The van der Waals surface area contributed by atoms with Crippen LogP contribution in [0.5, 0.6) is 5.75 Å². The lowest BCUT2D eigenvalue weighted by Gasteiger charge is -2.30. The topological polar surface area (TPSA) is 87.7 Å². The molecule has 7 nitrogen and oxygen atoms in total. The number of benzene rings is 1. The van der Waals surface area contributed by atoms with Crippen LogP contribution < -0.4 is 14.8 Å². The molecule has 0 spiro atoms. The molecule has 0 unspecified atom stereocenters. The third-order valence-corrected chi connectivity index (χ3v) is 6.09. The number of sulfonamides is 1. The van der Waals surface area contributed by atoms with Crippen LogP contribution >= 0.6 is 0 Å².